The van der Waals surface area contributed by atoms with Crippen molar-refractivity contribution in [2.75, 3.05) is 0 Å². The van der Waals surface area contributed by atoms with Gasteiger partial charge in [-0.15, -0.1) is 5.10 Å². The Balaban J connectivity index is 1.58. The second-order valence-electron chi connectivity index (χ2n) is 7.80. The zero-order valence-electron chi connectivity index (χ0n) is 17.4. The van der Waals surface area contributed by atoms with E-state index < -0.39 is 0 Å². The van der Waals surface area contributed by atoms with Crippen LogP contribution in [-0.4, -0.2) is 30.8 Å². The smallest absolute Gasteiger partial charge is 0.254 e. The molecule has 2 heterocycles. The minimum Gasteiger partial charge on any atom is -0.330 e. The van der Waals surface area contributed by atoms with E-state index in [0.717, 1.165) is 27.6 Å². The van der Waals surface area contributed by atoms with Gasteiger partial charge >= 0.3 is 0 Å². The first-order chi connectivity index (χ1) is 15.6. The van der Waals surface area contributed by atoms with Crippen LogP contribution in [-0.2, 0) is 13.1 Å². The molecular weight excluding hydrogens is 405 g/mol. The number of pyridine rings is 1. The maximum atomic E-state index is 13.4. The highest BCUT2D eigenvalue weighted by Gasteiger charge is 2.20. The maximum Gasteiger partial charge on any atom is 0.254 e. The number of amides is 1. The zero-order valence-corrected chi connectivity index (χ0v) is 17.4. The summed E-state index contributed by atoms with van der Waals surface area (Å²) in [6.45, 7) is 2.66. The van der Waals surface area contributed by atoms with Gasteiger partial charge in [0.25, 0.3) is 5.91 Å². The second-order valence-corrected chi connectivity index (χ2v) is 7.80. The molecule has 0 fully saturated rings. The molecule has 5 aromatic rings. The number of nitrogens with zero attached hydrogens (tertiary/aromatic N) is 5. The van der Waals surface area contributed by atoms with Crippen molar-refractivity contribution >= 4 is 22.5 Å². The number of hydrogen-bond acceptors (Lipinski definition) is 4. The number of aromatic nitrogens is 4. The molecule has 0 saturated carbocycles. The molecule has 0 N–H and O–H groups in total. The highest BCUT2D eigenvalue weighted by Crippen LogP contribution is 2.23. The fourth-order valence-electron chi connectivity index (χ4n) is 3.88. The molecule has 6 nitrogen and oxygen atoms in total. The van der Waals surface area contributed by atoms with Gasteiger partial charge < -0.3 is 4.90 Å². The molecule has 0 unspecified atom stereocenters. The van der Waals surface area contributed by atoms with E-state index in [1.807, 2.05) is 43.3 Å². The third-order valence-electron chi connectivity index (χ3n) is 5.45. The van der Waals surface area contributed by atoms with Crippen molar-refractivity contribution < 1.29 is 9.18 Å². The molecule has 0 bridgehead atoms. The molecule has 0 atom stereocenters. The maximum absolute atomic E-state index is 13.4. The van der Waals surface area contributed by atoms with Crippen LogP contribution in [0.1, 0.15) is 27.0 Å². The summed E-state index contributed by atoms with van der Waals surface area (Å²) in [5, 5.41) is 13.2. The molecule has 3 aromatic carbocycles. The number of benzene rings is 3. The Labute approximate surface area is 183 Å². The highest BCUT2D eigenvalue weighted by molar-refractivity contribution is 5.94. The molecular formula is C25H20FN5O. The van der Waals surface area contributed by atoms with E-state index in [2.05, 4.69) is 21.6 Å². The van der Waals surface area contributed by atoms with Gasteiger partial charge in [0, 0.05) is 23.1 Å². The highest BCUT2D eigenvalue weighted by atomic mass is 19.1. The van der Waals surface area contributed by atoms with Crippen molar-refractivity contribution in [2.45, 2.75) is 20.0 Å². The predicted octanol–water partition coefficient (Wildman–Crippen LogP) is 4.57. The average Bonchev–Trinajstić information content (AvgIpc) is 3.30. The number of rotatable bonds is 5. The Kier molecular flexibility index (Phi) is 5.07. The third kappa shape index (κ3) is 3.80. The molecule has 0 radical (unpaired) electrons. The molecule has 0 saturated heterocycles. The van der Waals surface area contributed by atoms with E-state index in [1.54, 1.807) is 33.7 Å². The first-order valence-electron chi connectivity index (χ1n) is 10.3. The summed E-state index contributed by atoms with van der Waals surface area (Å²) in [6, 6.07) is 23.4. The van der Waals surface area contributed by atoms with E-state index >= 15 is 0 Å². The van der Waals surface area contributed by atoms with E-state index in [-0.39, 0.29) is 11.7 Å². The van der Waals surface area contributed by atoms with E-state index in [1.165, 1.54) is 12.1 Å². The number of tetrazole rings is 1. The Morgan fingerprint density at radius 2 is 1.75 bits per heavy atom. The average molecular weight is 425 g/mol. The predicted molar refractivity (Wildman–Crippen MR) is 119 cm³/mol. The topological polar surface area (TPSA) is 63.4 Å². The van der Waals surface area contributed by atoms with Crippen molar-refractivity contribution in [1.29, 1.82) is 0 Å². The van der Waals surface area contributed by atoms with Crippen molar-refractivity contribution in [3.63, 3.8) is 0 Å². The molecule has 7 heteroatoms. The Morgan fingerprint density at radius 1 is 0.969 bits per heavy atom. The molecule has 5 rings (SSSR count). The standard InChI is InChI=1S/C25H20FN5O/c1-17-7-12-23-20(13-17)14-21(24-27-28-29-31(23)24)16-30(15-18-8-10-22(26)11-9-18)25(32)19-5-3-2-4-6-19/h2-14H,15-16H2,1H3. The molecule has 0 spiro atoms. The first-order valence-corrected chi connectivity index (χ1v) is 10.3. The van der Waals surface area contributed by atoms with Crippen molar-refractivity contribution in [3.05, 3.63) is 107 Å². The fraction of sp³-hybridized carbons (Fsp3) is 0.120. The third-order valence-corrected chi connectivity index (χ3v) is 5.45. The lowest BCUT2D eigenvalue weighted by atomic mass is 10.1. The van der Waals surface area contributed by atoms with Crippen LogP contribution in [0, 0.1) is 12.7 Å². The number of fused-ring (bicyclic) bond motifs is 3. The van der Waals surface area contributed by atoms with Crippen molar-refractivity contribution in [1.82, 2.24) is 24.9 Å². The van der Waals surface area contributed by atoms with Gasteiger partial charge in [-0.05, 0) is 65.4 Å². The normalized spacial score (nSPS) is 11.2. The second kappa shape index (κ2) is 8.19. The molecule has 1 amide bonds. The quantitative estimate of drug-likeness (QED) is 0.414. The summed E-state index contributed by atoms with van der Waals surface area (Å²) in [5.74, 6) is -0.430. The van der Waals surface area contributed by atoms with E-state index in [9.17, 15) is 9.18 Å². The minimum absolute atomic E-state index is 0.120. The van der Waals surface area contributed by atoms with Crippen LogP contribution in [0.4, 0.5) is 4.39 Å². The number of halogens is 1. The first kappa shape index (κ1) is 19.8. The molecule has 2 aromatic heterocycles. The van der Waals surface area contributed by atoms with Crippen LogP contribution in [0.25, 0.3) is 16.6 Å². The van der Waals surface area contributed by atoms with Gasteiger partial charge in [-0.3, -0.25) is 4.79 Å². The van der Waals surface area contributed by atoms with Gasteiger partial charge in [-0.1, -0.05) is 42.0 Å². The van der Waals surface area contributed by atoms with Gasteiger partial charge in [0.2, 0.25) is 0 Å². The Hall–Kier alpha value is -4.13. The lowest BCUT2D eigenvalue weighted by molar-refractivity contribution is 0.0730. The van der Waals surface area contributed by atoms with E-state index in [4.69, 9.17) is 0 Å². The summed E-state index contributed by atoms with van der Waals surface area (Å²) >= 11 is 0. The van der Waals surface area contributed by atoms with Gasteiger partial charge in [0.1, 0.15) is 5.82 Å². The monoisotopic (exact) mass is 425 g/mol. The van der Waals surface area contributed by atoms with Crippen LogP contribution in [0.2, 0.25) is 0 Å². The zero-order chi connectivity index (χ0) is 22.1. The summed E-state index contributed by atoms with van der Waals surface area (Å²) < 4.78 is 15.1. The molecule has 32 heavy (non-hydrogen) atoms. The summed E-state index contributed by atoms with van der Waals surface area (Å²) in [7, 11) is 0. The van der Waals surface area contributed by atoms with Gasteiger partial charge in [-0.2, -0.15) is 4.52 Å². The molecule has 0 aliphatic carbocycles. The Bertz CT molecular complexity index is 1410. The number of carbonyl (C=O) groups excluding carboxylic acids is 1. The van der Waals surface area contributed by atoms with Crippen LogP contribution < -0.4 is 0 Å². The lowest BCUT2D eigenvalue weighted by Crippen LogP contribution is -2.30. The minimum atomic E-state index is -0.309. The van der Waals surface area contributed by atoms with Crippen molar-refractivity contribution in [2.24, 2.45) is 0 Å². The number of carbonyl (C=O) groups is 1. The number of hydrogen-bond donors (Lipinski definition) is 0. The summed E-state index contributed by atoms with van der Waals surface area (Å²) in [4.78, 5) is 15.1. The summed E-state index contributed by atoms with van der Waals surface area (Å²) in [6.07, 6.45) is 0. The fourth-order valence-corrected chi connectivity index (χ4v) is 3.88. The van der Waals surface area contributed by atoms with Gasteiger partial charge in [0.05, 0.1) is 12.1 Å². The summed E-state index contributed by atoms with van der Waals surface area (Å²) in [5.41, 5.74) is 4.88. The van der Waals surface area contributed by atoms with Gasteiger partial charge in [0.15, 0.2) is 5.65 Å². The van der Waals surface area contributed by atoms with E-state index in [0.29, 0.717) is 24.3 Å². The van der Waals surface area contributed by atoms with Crippen LogP contribution in [0.3, 0.4) is 0 Å². The SMILES string of the molecule is Cc1ccc2c(c1)cc(CN(Cc1ccc(F)cc1)C(=O)c1ccccc1)c1nnnn12. The van der Waals surface area contributed by atoms with Crippen LogP contribution in [0.15, 0.2) is 78.9 Å². The van der Waals surface area contributed by atoms with Crippen LogP contribution >= 0.6 is 0 Å². The largest absolute Gasteiger partial charge is 0.330 e. The Morgan fingerprint density at radius 3 is 2.53 bits per heavy atom. The van der Waals surface area contributed by atoms with Gasteiger partial charge in [-0.25, -0.2) is 4.39 Å². The van der Waals surface area contributed by atoms with Crippen molar-refractivity contribution in [3.8, 4) is 0 Å². The van der Waals surface area contributed by atoms with Crippen LogP contribution in [0.5, 0.6) is 0 Å². The lowest BCUT2D eigenvalue weighted by Gasteiger charge is -2.23. The molecule has 158 valence electrons. The molecule has 0 aliphatic heterocycles. The number of aryl methyl sites for hydroxylation is 1. The molecule has 0 aliphatic rings.